The minimum Gasteiger partial charge on any atom is -0.379 e. The molecule has 0 aliphatic carbocycles. The van der Waals surface area contributed by atoms with Gasteiger partial charge in [0.15, 0.2) is 0 Å². The topological polar surface area (TPSA) is 38.5 Å². The van der Waals surface area contributed by atoms with Crippen molar-refractivity contribution in [2.45, 2.75) is 45.2 Å². The van der Waals surface area contributed by atoms with E-state index in [-0.39, 0.29) is 11.6 Å². The molecule has 0 bridgehead atoms. The summed E-state index contributed by atoms with van der Waals surface area (Å²) >= 11 is 1.90. The average Bonchev–Trinajstić information content (AvgIpc) is 2.87. The molecule has 2 N–H and O–H groups in total. The summed E-state index contributed by atoms with van der Waals surface area (Å²) in [5.74, 6) is 0. The molecule has 4 heteroatoms. The molecule has 1 aliphatic rings. The van der Waals surface area contributed by atoms with Crippen LogP contribution in [0, 0.1) is 0 Å². The molecule has 108 valence electrons. The number of aryl methyl sites for hydroxylation is 1. The van der Waals surface area contributed by atoms with Crippen molar-refractivity contribution >= 4 is 11.3 Å². The van der Waals surface area contributed by atoms with Crippen LogP contribution in [0.25, 0.3) is 0 Å². The Bertz CT molecular complexity index is 397. The van der Waals surface area contributed by atoms with Gasteiger partial charge in [0.1, 0.15) is 0 Å². The predicted octanol–water partition coefficient (Wildman–Crippen LogP) is 2.29. The van der Waals surface area contributed by atoms with E-state index in [2.05, 4.69) is 37.8 Å². The van der Waals surface area contributed by atoms with Gasteiger partial charge in [-0.2, -0.15) is 0 Å². The van der Waals surface area contributed by atoms with E-state index in [0.717, 1.165) is 39.1 Å². The second-order valence-corrected chi connectivity index (χ2v) is 7.04. The molecule has 1 saturated heterocycles. The normalized spacial score (nSPS) is 19.6. The zero-order valence-electron chi connectivity index (χ0n) is 12.3. The van der Waals surface area contributed by atoms with Crippen LogP contribution in [0.2, 0.25) is 0 Å². The molecule has 19 heavy (non-hydrogen) atoms. The van der Waals surface area contributed by atoms with Crippen molar-refractivity contribution < 1.29 is 4.74 Å². The maximum atomic E-state index is 6.49. The fraction of sp³-hybridized carbons (Fsp3) is 0.733. The van der Waals surface area contributed by atoms with E-state index in [1.54, 1.807) is 0 Å². The van der Waals surface area contributed by atoms with Gasteiger partial charge in [0.2, 0.25) is 0 Å². The molecule has 0 aromatic carbocycles. The number of hydrogen-bond acceptors (Lipinski definition) is 4. The second kappa shape index (κ2) is 6.35. The van der Waals surface area contributed by atoms with Crippen molar-refractivity contribution in [3.05, 3.63) is 21.9 Å². The number of rotatable bonds is 5. The SMILES string of the molecule is CCc1ccc(CC(N)C(C)(C)N2CCOCC2)s1. The zero-order chi connectivity index (χ0) is 13.9. The van der Waals surface area contributed by atoms with Crippen LogP contribution in [-0.2, 0) is 17.6 Å². The minimum absolute atomic E-state index is 0.0279. The number of nitrogens with two attached hydrogens (primary N) is 1. The Kier molecular flexibility index (Phi) is 5.01. The lowest BCUT2D eigenvalue weighted by molar-refractivity contribution is -0.0185. The minimum atomic E-state index is 0.0279. The number of hydrogen-bond donors (Lipinski definition) is 1. The molecule has 1 aromatic rings. The van der Waals surface area contributed by atoms with Crippen molar-refractivity contribution in [3.8, 4) is 0 Å². The van der Waals surface area contributed by atoms with Crippen molar-refractivity contribution in [2.75, 3.05) is 26.3 Å². The van der Waals surface area contributed by atoms with Gasteiger partial charge in [0, 0.05) is 34.4 Å². The Morgan fingerprint density at radius 1 is 1.32 bits per heavy atom. The molecule has 2 rings (SSSR count). The standard InChI is InChI=1S/C15H26N2OS/c1-4-12-5-6-13(19-12)11-14(16)15(2,3)17-7-9-18-10-8-17/h5-6,14H,4,7-11,16H2,1-3H3. The van der Waals surface area contributed by atoms with Gasteiger partial charge in [0.25, 0.3) is 0 Å². The molecule has 1 fully saturated rings. The zero-order valence-corrected chi connectivity index (χ0v) is 13.1. The Hall–Kier alpha value is -0.420. The quantitative estimate of drug-likeness (QED) is 0.900. The fourth-order valence-corrected chi connectivity index (χ4v) is 3.58. The summed E-state index contributed by atoms with van der Waals surface area (Å²) in [5, 5.41) is 0. The van der Waals surface area contributed by atoms with Gasteiger partial charge in [-0.05, 0) is 38.8 Å². The van der Waals surface area contributed by atoms with Gasteiger partial charge in [-0.15, -0.1) is 11.3 Å². The van der Waals surface area contributed by atoms with E-state index in [1.807, 2.05) is 11.3 Å². The number of thiophene rings is 1. The van der Waals surface area contributed by atoms with Gasteiger partial charge in [-0.1, -0.05) is 6.92 Å². The molecule has 1 unspecified atom stereocenters. The Morgan fingerprint density at radius 3 is 2.53 bits per heavy atom. The van der Waals surface area contributed by atoms with Crippen molar-refractivity contribution in [1.82, 2.24) is 4.90 Å². The predicted molar refractivity (Wildman–Crippen MR) is 81.8 cm³/mol. The summed E-state index contributed by atoms with van der Waals surface area (Å²) in [7, 11) is 0. The van der Waals surface area contributed by atoms with Crippen LogP contribution < -0.4 is 5.73 Å². The third kappa shape index (κ3) is 3.57. The molecule has 3 nitrogen and oxygen atoms in total. The molecule has 0 saturated carbocycles. The highest BCUT2D eigenvalue weighted by Gasteiger charge is 2.34. The highest BCUT2D eigenvalue weighted by atomic mass is 32.1. The third-order valence-corrected chi connectivity index (χ3v) is 5.47. The van der Waals surface area contributed by atoms with Crippen molar-refractivity contribution in [1.29, 1.82) is 0 Å². The van der Waals surface area contributed by atoms with E-state index in [9.17, 15) is 0 Å². The lowest BCUT2D eigenvalue weighted by atomic mass is 9.90. The maximum Gasteiger partial charge on any atom is 0.0594 e. The Labute approximate surface area is 120 Å². The van der Waals surface area contributed by atoms with Gasteiger partial charge >= 0.3 is 0 Å². The fourth-order valence-electron chi connectivity index (χ4n) is 2.56. The third-order valence-electron chi connectivity index (χ3n) is 4.22. The lowest BCUT2D eigenvalue weighted by Crippen LogP contribution is -2.59. The molecule has 0 spiro atoms. The first-order chi connectivity index (χ1) is 9.04. The molecule has 1 aliphatic heterocycles. The summed E-state index contributed by atoms with van der Waals surface area (Å²) < 4.78 is 5.43. The van der Waals surface area contributed by atoms with Crippen LogP contribution >= 0.6 is 11.3 Å². The van der Waals surface area contributed by atoms with E-state index >= 15 is 0 Å². The van der Waals surface area contributed by atoms with Crippen LogP contribution in [0.15, 0.2) is 12.1 Å². The maximum absolute atomic E-state index is 6.49. The molecular weight excluding hydrogens is 256 g/mol. The van der Waals surface area contributed by atoms with Crippen LogP contribution in [0.3, 0.4) is 0 Å². The van der Waals surface area contributed by atoms with E-state index in [4.69, 9.17) is 10.5 Å². The summed E-state index contributed by atoms with van der Waals surface area (Å²) in [6, 6.07) is 4.63. The highest BCUT2D eigenvalue weighted by Crippen LogP contribution is 2.25. The first-order valence-corrected chi connectivity index (χ1v) is 8.01. The number of morpholine rings is 1. The Balaban J connectivity index is 1.98. The highest BCUT2D eigenvalue weighted by molar-refractivity contribution is 7.11. The van der Waals surface area contributed by atoms with Crippen molar-refractivity contribution in [2.24, 2.45) is 5.73 Å². The average molecular weight is 282 g/mol. The first kappa shape index (κ1) is 15.0. The molecular formula is C15H26N2OS. The number of nitrogens with zero attached hydrogens (tertiary/aromatic N) is 1. The first-order valence-electron chi connectivity index (χ1n) is 7.20. The van der Waals surface area contributed by atoms with Gasteiger partial charge in [-0.3, -0.25) is 4.90 Å². The summed E-state index contributed by atoms with van der Waals surface area (Å²) in [5.41, 5.74) is 6.52. The van der Waals surface area contributed by atoms with Gasteiger partial charge in [-0.25, -0.2) is 0 Å². The van der Waals surface area contributed by atoms with Gasteiger partial charge in [0.05, 0.1) is 13.2 Å². The lowest BCUT2D eigenvalue weighted by Gasteiger charge is -2.44. The summed E-state index contributed by atoms with van der Waals surface area (Å²) in [4.78, 5) is 5.33. The van der Waals surface area contributed by atoms with Crippen LogP contribution in [0.5, 0.6) is 0 Å². The molecule has 0 radical (unpaired) electrons. The van der Waals surface area contributed by atoms with E-state index in [0.29, 0.717) is 0 Å². The van der Waals surface area contributed by atoms with Gasteiger partial charge < -0.3 is 10.5 Å². The summed E-state index contributed by atoms with van der Waals surface area (Å²) in [6.07, 6.45) is 2.09. The van der Waals surface area contributed by atoms with Crippen LogP contribution in [-0.4, -0.2) is 42.8 Å². The van der Waals surface area contributed by atoms with E-state index < -0.39 is 0 Å². The second-order valence-electron chi connectivity index (χ2n) is 5.79. The molecule has 1 aromatic heterocycles. The van der Waals surface area contributed by atoms with E-state index in [1.165, 1.54) is 9.75 Å². The van der Waals surface area contributed by atoms with Crippen molar-refractivity contribution in [3.63, 3.8) is 0 Å². The summed E-state index contributed by atoms with van der Waals surface area (Å²) in [6.45, 7) is 10.4. The molecule has 2 heterocycles. The van der Waals surface area contributed by atoms with Crippen LogP contribution in [0.1, 0.15) is 30.5 Å². The molecule has 1 atom stereocenters. The molecule has 0 amide bonds. The number of ether oxygens (including phenoxy) is 1. The largest absolute Gasteiger partial charge is 0.379 e. The Morgan fingerprint density at radius 2 is 1.95 bits per heavy atom. The smallest absolute Gasteiger partial charge is 0.0594 e. The van der Waals surface area contributed by atoms with Crippen LogP contribution in [0.4, 0.5) is 0 Å². The monoisotopic (exact) mass is 282 g/mol.